The van der Waals surface area contributed by atoms with Crippen molar-refractivity contribution < 1.29 is 4.74 Å². The van der Waals surface area contributed by atoms with Crippen LogP contribution < -0.4 is 5.32 Å². The SMILES string of the molecule is CC(CCNCCOC1CCCCC1)c1ccccc1. The molecular formula is C18H29NO. The topological polar surface area (TPSA) is 21.3 Å². The van der Waals surface area contributed by atoms with Crippen molar-refractivity contribution in [1.29, 1.82) is 0 Å². The van der Waals surface area contributed by atoms with Crippen molar-refractivity contribution in [3.63, 3.8) is 0 Å². The maximum absolute atomic E-state index is 5.91. The number of hydrogen-bond donors (Lipinski definition) is 1. The van der Waals surface area contributed by atoms with Gasteiger partial charge in [-0.05, 0) is 37.3 Å². The van der Waals surface area contributed by atoms with Gasteiger partial charge in [0.15, 0.2) is 0 Å². The molecule has 1 fully saturated rings. The van der Waals surface area contributed by atoms with Crippen LogP contribution in [0.5, 0.6) is 0 Å². The lowest BCUT2D eigenvalue weighted by molar-refractivity contribution is 0.0303. The van der Waals surface area contributed by atoms with Gasteiger partial charge in [0.1, 0.15) is 0 Å². The first-order valence-electron chi connectivity index (χ1n) is 8.23. The summed E-state index contributed by atoms with van der Waals surface area (Å²) in [6, 6.07) is 10.8. The molecule has 1 saturated carbocycles. The van der Waals surface area contributed by atoms with E-state index in [0.717, 1.165) is 19.7 Å². The van der Waals surface area contributed by atoms with Crippen LogP contribution in [-0.4, -0.2) is 25.8 Å². The van der Waals surface area contributed by atoms with E-state index in [1.165, 1.54) is 44.1 Å². The predicted molar refractivity (Wildman–Crippen MR) is 85.2 cm³/mol. The maximum Gasteiger partial charge on any atom is 0.0594 e. The van der Waals surface area contributed by atoms with Gasteiger partial charge < -0.3 is 10.1 Å². The zero-order valence-electron chi connectivity index (χ0n) is 12.8. The smallest absolute Gasteiger partial charge is 0.0594 e. The summed E-state index contributed by atoms with van der Waals surface area (Å²) in [5.74, 6) is 0.628. The van der Waals surface area contributed by atoms with Gasteiger partial charge in [-0.1, -0.05) is 56.5 Å². The molecular weight excluding hydrogens is 246 g/mol. The third-order valence-corrected chi connectivity index (χ3v) is 4.31. The van der Waals surface area contributed by atoms with Gasteiger partial charge in [0, 0.05) is 6.54 Å². The molecule has 0 heterocycles. The molecule has 1 unspecified atom stereocenters. The van der Waals surface area contributed by atoms with Crippen molar-refractivity contribution in [2.75, 3.05) is 19.7 Å². The predicted octanol–water partition coefficient (Wildman–Crippen LogP) is 4.12. The highest BCUT2D eigenvalue weighted by Gasteiger charge is 2.12. The highest BCUT2D eigenvalue weighted by atomic mass is 16.5. The van der Waals surface area contributed by atoms with E-state index in [2.05, 4.69) is 42.6 Å². The molecule has 1 atom stereocenters. The lowest BCUT2D eigenvalue weighted by Gasteiger charge is -2.22. The number of benzene rings is 1. The fourth-order valence-electron chi connectivity index (χ4n) is 2.92. The number of hydrogen-bond acceptors (Lipinski definition) is 2. The van der Waals surface area contributed by atoms with Gasteiger partial charge in [0.25, 0.3) is 0 Å². The molecule has 0 aliphatic heterocycles. The number of nitrogens with one attached hydrogen (secondary N) is 1. The van der Waals surface area contributed by atoms with Gasteiger partial charge in [-0.25, -0.2) is 0 Å². The Morgan fingerprint density at radius 1 is 1.10 bits per heavy atom. The van der Waals surface area contributed by atoms with Crippen LogP contribution in [0.1, 0.15) is 56.9 Å². The Kier molecular flexibility index (Phi) is 7.10. The van der Waals surface area contributed by atoms with E-state index in [0.29, 0.717) is 12.0 Å². The van der Waals surface area contributed by atoms with Crippen LogP contribution in [0.4, 0.5) is 0 Å². The summed E-state index contributed by atoms with van der Waals surface area (Å²) in [5.41, 5.74) is 1.44. The van der Waals surface area contributed by atoms with E-state index in [1.54, 1.807) is 0 Å². The summed E-state index contributed by atoms with van der Waals surface area (Å²) in [6.07, 6.45) is 8.37. The molecule has 1 aromatic carbocycles. The monoisotopic (exact) mass is 275 g/mol. The maximum atomic E-state index is 5.91. The van der Waals surface area contributed by atoms with E-state index in [9.17, 15) is 0 Å². The van der Waals surface area contributed by atoms with Gasteiger partial charge in [0.05, 0.1) is 12.7 Å². The first kappa shape index (κ1) is 15.5. The standard InChI is InChI=1S/C18H29NO/c1-16(17-8-4-2-5-9-17)12-13-19-14-15-20-18-10-6-3-7-11-18/h2,4-5,8-9,16,18-19H,3,6-7,10-15H2,1H3. The molecule has 0 radical (unpaired) electrons. The second kappa shape index (κ2) is 9.15. The molecule has 0 spiro atoms. The molecule has 0 aromatic heterocycles. The Morgan fingerprint density at radius 3 is 2.60 bits per heavy atom. The molecule has 112 valence electrons. The quantitative estimate of drug-likeness (QED) is 0.721. The fraction of sp³-hybridized carbons (Fsp3) is 0.667. The van der Waals surface area contributed by atoms with Crippen molar-refractivity contribution in [2.24, 2.45) is 0 Å². The van der Waals surface area contributed by atoms with Crippen molar-refractivity contribution in [2.45, 2.75) is 57.5 Å². The van der Waals surface area contributed by atoms with Crippen molar-refractivity contribution in [3.8, 4) is 0 Å². The summed E-state index contributed by atoms with van der Waals surface area (Å²) in [6.45, 7) is 5.22. The lowest BCUT2D eigenvalue weighted by atomic mass is 9.98. The molecule has 1 aliphatic rings. The molecule has 1 aromatic rings. The van der Waals surface area contributed by atoms with Crippen LogP contribution in [-0.2, 0) is 4.74 Å². The van der Waals surface area contributed by atoms with E-state index in [4.69, 9.17) is 4.74 Å². The Balaban J connectivity index is 1.49. The zero-order valence-corrected chi connectivity index (χ0v) is 12.8. The minimum absolute atomic E-state index is 0.536. The zero-order chi connectivity index (χ0) is 14.0. The van der Waals surface area contributed by atoms with Crippen LogP contribution in [0.25, 0.3) is 0 Å². The first-order valence-corrected chi connectivity index (χ1v) is 8.23. The summed E-state index contributed by atoms with van der Waals surface area (Å²) in [4.78, 5) is 0. The molecule has 0 amide bonds. The number of ether oxygens (including phenoxy) is 1. The summed E-state index contributed by atoms with van der Waals surface area (Å²) in [7, 11) is 0. The average molecular weight is 275 g/mol. The van der Waals surface area contributed by atoms with Crippen LogP contribution in [0.15, 0.2) is 30.3 Å². The van der Waals surface area contributed by atoms with E-state index < -0.39 is 0 Å². The highest BCUT2D eigenvalue weighted by molar-refractivity contribution is 5.18. The van der Waals surface area contributed by atoms with Gasteiger partial charge in [-0.2, -0.15) is 0 Å². The molecule has 1 N–H and O–H groups in total. The average Bonchev–Trinajstić information content (AvgIpc) is 2.52. The van der Waals surface area contributed by atoms with Crippen molar-refractivity contribution >= 4 is 0 Å². The fourth-order valence-corrected chi connectivity index (χ4v) is 2.92. The molecule has 2 heteroatoms. The van der Waals surface area contributed by atoms with E-state index in [-0.39, 0.29) is 0 Å². The molecule has 0 bridgehead atoms. The lowest BCUT2D eigenvalue weighted by Crippen LogP contribution is -2.25. The molecule has 2 nitrogen and oxygen atoms in total. The van der Waals surface area contributed by atoms with Gasteiger partial charge in [-0.15, -0.1) is 0 Å². The van der Waals surface area contributed by atoms with Crippen LogP contribution in [0, 0.1) is 0 Å². The van der Waals surface area contributed by atoms with E-state index >= 15 is 0 Å². The van der Waals surface area contributed by atoms with Gasteiger partial charge in [0.2, 0.25) is 0 Å². The summed E-state index contributed by atoms with van der Waals surface area (Å²) < 4.78 is 5.91. The van der Waals surface area contributed by atoms with Crippen molar-refractivity contribution in [3.05, 3.63) is 35.9 Å². The minimum Gasteiger partial charge on any atom is -0.377 e. The first-order chi connectivity index (χ1) is 9.86. The Hall–Kier alpha value is -0.860. The Morgan fingerprint density at radius 2 is 1.85 bits per heavy atom. The second-order valence-corrected chi connectivity index (χ2v) is 5.98. The molecule has 1 aliphatic carbocycles. The third kappa shape index (κ3) is 5.64. The summed E-state index contributed by atoms with van der Waals surface area (Å²) >= 11 is 0. The largest absolute Gasteiger partial charge is 0.377 e. The van der Waals surface area contributed by atoms with Gasteiger partial charge >= 0.3 is 0 Å². The van der Waals surface area contributed by atoms with Crippen LogP contribution in [0.3, 0.4) is 0 Å². The highest BCUT2D eigenvalue weighted by Crippen LogP contribution is 2.20. The molecule has 20 heavy (non-hydrogen) atoms. The molecule has 0 saturated heterocycles. The normalized spacial score (nSPS) is 18.1. The van der Waals surface area contributed by atoms with Crippen LogP contribution >= 0.6 is 0 Å². The van der Waals surface area contributed by atoms with Crippen LogP contribution in [0.2, 0.25) is 0 Å². The third-order valence-electron chi connectivity index (χ3n) is 4.31. The second-order valence-electron chi connectivity index (χ2n) is 5.98. The molecule has 2 rings (SSSR count). The van der Waals surface area contributed by atoms with Gasteiger partial charge in [-0.3, -0.25) is 0 Å². The minimum atomic E-state index is 0.536. The van der Waals surface area contributed by atoms with Crippen molar-refractivity contribution in [1.82, 2.24) is 5.32 Å². The Labute approximate surface area is 123 Å². The Bertz CT molecular complexity index is 346. The van der Waals surface area contributed by atoms with E-state index in [1.807, 2.05) is 0 Å². The summed E-state index contributed by atoms with van der Waals surface area (Å²) in [5, 5.41) is 3.50. The number of rotatable bonds is 8.